The summed E-state index contributed by atoms with van der Waals surface area (Å²) in [5.74, 6) is 0.961. The van der Waals surface area contributed by atoms with E-state index in [1.807, 2.05) is 4.90 Å². The molecule has 0 bridgehead atoms. The third kappa shape index (κ3) is 6.09. The maximum atomic E-state index is 15.3. The molecule has 1 amide bonds. The van der Waals surface area contributed by atoms with Gasteiger partial charge in [0.05, 0.1) is 17.7 Å². The number of halogens is 1. The molecule has 2 fully saturated rings. The van der Waals surface area contributed by atoms with Crippen LogP contribution < -0.4 is 0 Å². The molecule has 2 aromatic carbocycles. The van der Waals surface area contributed by atoms with Crippen LogP contribution in [0, 0.1) is 40.3 Å². The van der Waals surface area contributed by atoms with Gasteiger partial charge in [0.2, 0.25) is 0 Å². The van der Waals surface area contributed by atoms with E-state index in [1.165, 1.54) is 6.07 Å². The minimum absolute atomic E-state index is 0.000385. The highest BCUT2D eigenvalue weighted by molar-refractivity contribution is 5.94. The van der Waals surface area contributed by atoms with Crippen LogP contribution in [-0.4, -0.2) is 40.2 Å². The molecule has 0 spiro atoms. The Morgan fingerprint density at radius 1 is 1.07 bits per heavy atom. The zero-order valence-electron chi connectivity index (χ0n) is 25.3. The maximum Gasteiger partial charge on any atom is 0.253 e. The Bertz CT molecular complexity index is 1290. The molecule has 2 saturated carbocycles. The Balaban J connectivity index is 1.29. The average Bonchev–Trinajstić information content (AvgIpc) is 3.29. The third-order valence-electron chi connectivity index (χ3n) is 11.0. The van der Waals surface area contributed by atoms with Crippen molar-refractivity contribution in [2.75, 3.05) is 13.1 Å². The molecule has 0 radical (unpaired) electrons. The monoisotopic (exact) mass is 574 g/mol. The summed E-state index contributed by atoms with van der Waals surface area (Å²) in [5.41, 5.74) is 2.83. The lowest BCUT2D eigenvalue weighted by atomic mass is 9.52. The summed E-state index contributed by atoms with van der Waals surface area (Å²) < 4.78 is 15.3. The molecule has 3 aliphatic carbocycles. The normalized spacial score (nSPS) is 27.9. The van der Waals surface area contributed by atoms with E-state index in [0.717, 1.165) is 94.7 Å². The molecule has 42 heavy (non-hydrogen) atoms. The van der Waals surface area contributed by atoms with Crippen molar-refractivity contribution in [3.8, 4) is 11.8 Å². The second-order valence-corrected chi connectivity index (χ2v) is 13.4. The Morgan fingerprint density at radius 2 is 1.81 bits per heavy atom. The van der Waals surface area contributed by atoms with Crippen molar-refractivity contribution < 1.29 is 19.4 Å². The van der Waals surface area contributed by atoms with Crippen molar-refractivity contribution in [2.24, 2.45) is 23.2 Å². The molecule has 6 atom stereocenters. The van der Waals surface area contributed by atoms with E-state index in [4.69, 9.17) is 5.26 Å². The molecule has 3 aliphatic rings. The van der Waals surface area contributed by atoms with E-state index >= 15 is 4.39 Å². The fourth-order valence-corrected chi connectivity index (χ4v) is 8.74. The van der Waals surface area contributed by atoms with Crippen molar-refractivity contribution in [2.45, 2.75) is 103 Å². The molecule has 5 unspecified atom stereocenters. The van der Waals surface area contributed by atoms with Gasteiger partial charge in [-0.15, -0.1) is 0 Å². The van der Waals surface area contributed by atoms with Crippen molar-refractivity contribution in [1.82, 2.24) is 4.90 Å². The van der Waals surface area contributed by atoms with Gasteiger partial charge in [0.15, 0.2) is 0 Å². The first-order valence-electron chi connectivity index (χ1n) is 16.3. The number of carbonyl (C=O) groups is 1. The zero-order valence-corrected chi connectivity index (χ0v) is 25.3. The molecule has 6 heteroatoms. The van der Waals surface area contributed by atoms with Gasteiger partial charge in [-0.1, -0.05) is 39.5 Å². The van der Waals surface area contributed by atoms with E-state index in [2.05, 4.69) is 19.9 Å². The van der Waals surface area contributed by atoms with Gasteiger partial charge in [-0.3, -0.25) is 4.79 Å². The number of rotatable bonds is 11. The summed E-state index contributed by atoms with van der Waals surface area (Å²) in [4.78, 5) is 15.4. The lowest BCUT2D eigenvalue weighted by Crippen LogP contribution is -2.47. The molecule has 2 N–H and O–H groups in total. The van der Waals surface area contributed by atoms with Crippen LogP contribution in [0.15, 0.2) is 36.4 Å². The number of nitriles is 1. The SMILES string of the molecule is CCCCCCN(CCCCC1Cc2cc(O)cc(F)c2C2CC[C@]3(C)C(O)CCC3C12)C(=O)c1ccc(C#N)cc1. The largest absolute Gasteiger partial charge is 0.508 e. The lowest BCUT2D eigenvalue weighted by Gasteiger charge is -2.53. The van der Waals surface area contributed by atoms with Gasteiger partial charge < -0.3 is 15.1 Å². The van der Waals surface area contributed by atoms with E-state index < -0.39 is 0 Å². The van der Waals surface area contributed by atoms with Crippen LogP contribution in [-0.2, 0) is 6.42 Å². The molecular formula is C36H47FN2O3. The number of phenolic OH excluding ortho intramolecular Hbond substituents is 1. The number of amides is 1. The highest BCUT2D eigenvalue weighted by atomic mass is 19.1. The summed E-state index contributed by atoms with van der Waals surface area (Å²) in [5, 5.41) is 30.3. The van der Waals surface area contributed by atoms with E-state index in [0.29, 0.717) is 35.4 Å². The Kier molecular flexibility index (Phi) is 9.57. The molecule has 226 valence electrons. The molecule has 0 aromatic heterocycles. The first kappa shape index (κ1) is 30.5. The number of aliphatic hydroxyl groups is 1. The summed E-state index contributed by atoms with van der Waals surface area (Å²) >= 11 is 0. The number of unbranched alkanes of at least 4 members (excludes halogenated alkanes) is 4. The van der Waals surface area contributed by atoms with Crippen LogP contribution in [0.1, 0.15) is 117 Å². The number of aromatic hydroxyl groups is 1. The van der Waals surface area contributed by atoms with Crippen LogP contribution >= 0.6 is 0 Å². The maximum absolute atomic E-state index is 15.3. The van der Waals surface area contributed by atoms with Gasteiger partial charge >= 0.3 is 0 Å². The highest BCUT2D eigenvalue weighted by Gasteiger charge is 2.57. The zero-order chi connectivity index (χ0) is 29.9. The fourth-order valence-electron chi connectivity index (χ4n) is 8.74. The second kappa shape index (κ2) is 13.2. The predicted molar refractivity (Wildman–Crippen MR) is 163 cm³/mol. The first-order valence-corrected chi connectivity index (χ1v) is 16.3. The van der Waals surface area contributed by atoms with Gasteiger partial charge in [0.25, 0.3) is 5.91 Å². The Morgan fingerprint density at radius 3 is 2.52 bits per heavy atom. The first-order chi connectivity index (χ1) is 20.3. The van der Waals surface area contributed by atoms with E-state index in [9.17, 15) is 15.0 Å². The number of hydrogen-bond donors (Lipinski definition) is 2. The second-order valence-electron chi connectivity index (χ2n) is 13.4. The van der Waals surface area contributed by atoms with Crippen LogP contribution in [0.25, 0.3) is 0 Å². The number of phenols is 1. The lowest BCUT2D eigenvalue weighted by molar-refractivity contribution is -0.0402. The molecule has 0 saturated heterocycles. The number of fused-ring (bicyclic) bond motifs is 5. The van der Waals surface area contributed by atoms with Gasteiger partial charge in [0.1, 0.15) is 11.6 Å². The van der Waals surface area contributed by atoms with E-state index in [-0.39, 0.29) is 34.9 Å². The van der Waals surface area contributed by atoms with Gasteiger partial charge in [-0.2, -0.15) is 5.26 Å². The molecule has 0 aliphatic heterocycles. The molecule has 5 nitrogen and oxygen atoms in total. The topological polar surface area (TPSA) is 84.6 Å². The third-order valence-corrected chi connectivity index (χ3v) is 11.0. The Labute approximate surface area is 250 Å². The minimum Gasteiger partial charge on any atom is -0.508 e. The number of nitrogens with zero attached hydrogens (tertiary/aromatic N) is 2. The Hall–Kier alpha value is -2.91. The highest BCUT2D eigenvalue weighted by Crippen LogP contribution is 2.63. The standard InChI is InChI=1S/C36H47FN2O3/c1-3-4-5-7-18-39(35(42)25-12-10-24(23-38)11-13-25)19-8-6-9-26-20-27-21-28(40)22-31(37)34(27)29-16-17-36(2)30(33(26)29)14-15-32(36)41/h10-13,21-22,26,29-30,32-33,40-41H,3-9,14-20H2,1-2H3/t26?,29?,30?,32?,33?,36-/m0/s1. The quantitative estimate of drug-likeness (QED) is 0.269. The van der Waals surface area contributed by atoms with Crippen LogP contribution in [0.4, 0.5) is 4.39 Å². The fraction of sp³-hybridized carbons (Fsp3) is 0.611. The van der Waals surface area contributed by atoms with E-state index in [1.54, 1.807) is 30.3 Å². The van der Waals surface area contributed by atoms with Crippen LogP contribution in [0.5, 0.6) is 5.75 Å². The smallest absolute Gasteiger partial charge is 0.253 e. The predicted octanol–water partition coefficient (Wildman–Crippen LogP) is 7.74. The summed E-state index contributed by atoms with van der Waals surface area (Å²) in [7, 11) is 0. The summed E-state index contributed by atoms with van der Waals surface area (Å²) in [6.07, 6.45) is 11.4. The number of benzene rings is 2. The summed E-state index contributed by atoms with van der Waals surface area (Å²) in [6.45, 7) is 5.86. The molecule has 0 heterocycles. The van der Waals surface area contributed by atoms with Crippen molar-refractivity contribution >= 4 is 5.91 Å². The van der Waals surface area contributed by atoms with Crippen molar-refractivity contribution in [3.63, 3.8) is 0 Å². The summed E-state index contributed by atoms with van der Waals surface area (Å²) in [6, 6.07) is 12.1. The van der Waals surface area contributed by atoms with Gasteiger partial charge in [-0.05, 0) is 122 Å². The van der Waals surface area contributed by atoms with Crippen molar-refractivity contribution in [3.05, 3.63) is 64.5 Å². The van der Waals surface area contributed by atoms with Gasteiger partial charge in [-0.25, -0.2) is 4.39 Å². The average molecular weight is 575 g/mol. The van der Waals surface area contributed by atoms with Crippen molar-refractivity contribution in [1.29, 1.82) is 5.26 Å². The number of hydrogen-bond acceptors (Lipinski definition) is 4. The number of aliphatic hydroxyl groups excluding tert-OH is 1. The van der Waals surface area contributed by atoms with Crippen LogP contribution in [0.3, 0.4) is 0 Å². The van der Waals surface area contributed by atoms with Gasteiger partial charge in [0, 0.05) is 24.7 Å². The van der Waals surface area contributed by atoms with Crippen LogP contribution in [0.2, 0.25) is 0 Å². The molecule has 5 rings (SSSR count). The molecular weight excluding hydrogens is 527 g/mol. The molecule has 2 aromatic rings. The number of carbonyl (C=O) groups excluding carboxylic acids is 1. The minimum atomic E-state index is -0.287.